The number of rotatable bonds is 4. The Morgan fingerprint density at radius 3 is 2.42 bits per heavy atom. The number of carbonyl (C=O) groups excluding carboxylic acids is 2. The zero-order valence-electron chi connectivity index (χ0n) is 10.4. The number of aliphatic hydroxyl groups excluding tert-OH is 1. The van der Waals surface area contributed by atoms with Crippen LogP contribution in [0.15, 0.2) is 24.3 Å². The van der Waals surface area contributed by atoms with E-state index in [4.69, 9.17) is 10.8 Å². The van der Waals surface area contributed by atoms with Crippen molar-refractivity contribution < 1.29 is 14.7 Å². The third kappa shape index (κ3) is 3.69. The monoisotopic (exact) mass is 263 g/mol. The van der Waals surface area contributed by atoms with Gasteiger partial charge in [-0.15, -0.1) is 0 Å². The van der Waals surface area contributed by atoms with Gasteiger partial charge in [0.05, 0.1) is 6.10 Å². The molecule has 3 amide bonds. The maximum atomic E-state index is 11.8. The van der Waals surface area contributed by atoms with E-state index in [1.807, 2.05) is 0 Å². The van der Waals surface area contributed by atoms with E-state index in [1.165, 1.54) is 0 Å². The highest BCUT2D eigenvalue weighted by atomic mass is 16.3. The number of nitrogens with one attached hydrogen (secondary N) is 2. The Bertz CT molecular complexity index is 467. The van der Waals surface area contributed by atoms with Gasteiger partial charge in [0.2, 0.25) is 0 Å². The molecule has 1 aromatic rings. The first kappa shape index (κ1) is 13.4. The number of benzene rings is 1. The van der Waals surface area contributed by atoms with Gasteiger partial charge in [0.1, 0.15) is 0 Å². The van der Waals surface area contributed by atoms with Crippen LogP contribution in [-0.4, -0.2) is 29.2 Å². The van der Waals surface area contributed by atoms with Gasteiger partial charge in [-0.1, -0.05) is 12.1 Å². The molecule has 2 rings (SSSR count). The molecule has 0 unspecified atom stereocenters. The first-order valence-corrected chi connectivity index (χ1v) is 6.16. The van der Waals surface area contributed by atoms with Gasteiger partial charge >= 0.3 is 6.03 Å². The summed E-state index contributed by atoms with van der Waals surface area (Å²) in [6.45, 7) is 0.339. The number of amides is 3. The van der Waals surface area contributed by atoms with Gasteiger partial charge in [0.25, 0.3) is 5.91 Å². The largest absolute Gasteiger partial charge is 0.393 e. The second-order valence-corrected chi connectivity index (χ2v) is 4.71. The molecule has 0 atom stereocenters. The normalized spacial score (nSPS) is 21.3. The van der Waals surface area contributed by atoms with E-state index in [9.17, 15) is 9.59 Å². The highest BCUT2D eigenvalue weighted by molar-refractivity contribution is 5.94. The molecule has 6 nitrogen and oxygen atoms in total. The van der Waals surface area contributed by atoms with Gasteiger partial charge in [-0.2, -0.15) is 0 Å². The third-order valence-corrected chi connectivity index (χ3v) is 3.13. The zero-order chi connectivity index (χ0) is 13.8. The maximum Gasteiger partial charge on any atom is 0.312 e. The van der Waals surface area contributed by atoms with Crippen molar-refractivity contribution in [3.05, 3.63) is 35.4 Å². The van der Waals surface area contributed by atoms with Gasteiger partial charge in [-0.25, -0.2) is 4.79 Å². The molecule has 0 aromatic heterocycles. The van der Waals surface area contributed by atoms with Crippen molar-refractivity contribution in [2.24, 2.45) is 5.73 Å². The summed E-state index contributed by atoms with van der Waals surface area (Å²) in [6.07, 6.45) is 0.950. The molecule has 0 bridgehead atoms. The van der Waals surface area contributed by atoms with Crippen molar-refractivity contribution >= 4 is 11.9 Å². The molecule has 1 aliphatic rings. The predicted octanol–water partition coefficient (Wildman–Crippen LogP) is 0.108. The molecular weight excluding hydrogens is 246 g/mol. The van der Waals surface area contributed by atoms with Gasteiger partial charge in [-0.3, -0.25) is 4.79 Å². The lowest BCUT2D eigenvalue weighted by Crippen LogP contribution is -2.46. The summed E-state index contributed by atoms with van der Waals surface area (Å²) in [6, 6.07) is 6.41. The molecule has 1 aliphatic carbocycles. The highest BCUT2D eigenvalue weighted by Gasteiger charge is 2.28. The molecule has 0 radical (unpaired) electrons. The molecule has 19 heavy (non-hydrogen) atoms. The lowest BCUT2D eigenvalue weighted by atomic mass is 9.89. The van der Waals surface area contributed by atoms with Crippen LogP contribution >= 0.6 is 0 Å². The fourth-order valence-electron chi connectivity index (χ4n) is 1.94. The van der Waals surface area contributed by atoms with Crippen molar-refractivity contribution in [3.8, 4) is 0 Å². The van der Waals surface area contributed by atoms with E-state index in [1.54, 1.807) is 24.3 Å². The van der Waals surface area contributed by atoms with Crippen LogP contribution < -0.4 is 16.4 Å². The Hall–Kier alpha value is -2.08. The average Bonchev–Trinajstić information content (AvgIpc) is 2.35. The van der Waals surface area contributed by atoms with Crippen LogP contribution in [0.1, 0.15) is 28.8 Å². The van der Waals surface area contributed by atoms with Crippen LogP contribution in [0.25, 0.3) is 0 Å². The highest BCUT2D eigenvalue weighted by Crippen LogP contribution is 2.19. The molecule has 5 N–H and O–H groups in total. The van der Waals surface area contributed by atoms with E-state index in [2.05, 4.69) is 10.6 Å². The molecule has 1 fully saturated rings. The summed E-state index contributed by atoms with van der Waals surface area (Å²) in [4.78, 5) is 22.4. The minimum absolute atomic E-state index is 0.0682. The van der Waals surface area contributed by atoms with E-state index < -0.39 is 6.03 Å². The summed E-state index contributed by atoms with van der Waals surface area (Å²) in [5.41, 5.74) is 6.40. The van der Waals surface area contributed by atoms with Crippen molar-refractivity contribution in [3.63, 3.8) is 0 Å². The number of aliphatic hydroxyl groups is 1. The Morgan fingerprint density at radius 2 is 1.89 bits per heavy atom. The third-order valence-electron chi connectivity index (χ3n) is 3.13. The van der Waals surface area contributed by atoms with Crippen molar-refractivity contribution in [2.45, 2.75) is 31.5 Å². The molecule has 1 aromatic carbocycles. The number of urea groups is 1. The minimum Gasteiger partial charge on any atom is -0.393 e. The number of primary amides is 1. The molecule has 0 aliphatic heterocycles. The number of nitrogens with two attached hydrogens (primary N) is 1. The average molecular weight is 263 g/mol. The van der Waals surface area contributed by atoms with Crippen molar-refractivity contribution in [1.29, 1.82) is 0 Å². The predicted molar refractivity (Wildman–Crippen MR) is 69.4 cm³/mol. The summed E-state index contributed by atoms with van der Waals surface area (Å²) >= 11 is 0. The second-order valence-electron chi connectivity index (χ2n) is 4.71. The van der Waals surface area contributed by atoms with Gasteiger partial charge in [-0.05, 0) is 30.5 Å². The number of carbonyl (C=O) groups is 2. The minimum atomic E-state index is -0.578. The van der Waals surface area contributed by atoms with Crippen LogP contribution in [0.5, 0.6) is 0 Å². The van der Waals surface area contributed by atoms with E-state index in [-0.39, 0.29) is 18.1 Å². The van der Waals surface area contributed by atoms with Crippen molar-refractivity contribution in [1.82, 2.24) is 10.6 Å². The summed E-state index contributed by atoms with van der Waals surface area (Å²) in [5.74, 6) is -0.147. The lowest BCUT2D eigenvalue weighted by molar-refractivity contribution is 0.0562. The number of hydrogen-bond acceptors (Lipinski definition) is 3. The topological polar surface area (TPSA) is 104 Å². The van der Waals surface area contributed by atoms with Gasteiger partial charge in [0, 0.05) is 18.2 Å². The Labute approximate surface area is 111 Å². The van der Waals surface area contributed by atoms with E-state index in [0.29, 0.717) is 24.9 Å². The van der Waals surface area contributed by atoms with Crippen LogP contribution in [-0.2, 0) is 6.54 Å². The van der Waals surface area contributed by atoms with E-state index >= 15 is 0 Å². The quantitative estimate of drug-likeness (QED) is 0.619. The molecule has 0 spiro atoms. The molecule has 0 heterocycles. The van der Waals surface area contributed by atoms with Crippen LogP contribution in [0.4, 0.5) is 4.79 Å². The number of hydrogen-bond donors (Lipinski definition) is 4. The summed E-state index contributed by atoms with van der Waals surface area (Å²) in [5, 5.41) is 14.5. The van der Waals surface area contributed by atoms with Crippen LogP contribution in [0.3, 0.4) is 0 Å². The first-order chi connectivity index (χ1) is 9.04. The second kappa shape index (κ2) is 5.71. The summed E-state index contributed by atoms with van der Waals surface area (Å²) < 4.78 is 0. The maximum absolute atomic E-state index is 11.8. The standard InChI is InChI=1S/C13H17N3O3/c14-13(19)15-7-8-1-3-9(4-2-8)12(18)16-10-5-11(17)6-10/h1-4,10-11,17H,5-7H2,(H,16,18)(H3,14,15,19). The molecule has 1 saturated carbocycles. The Balaban J connectivity index is 1.86. The van der Waals surface area contributed by atoms with Crippen molar-refractivity contribution in [2.75, 3.05) is 0 Å². The fourth-order valence-corrected chi connectivity index (χ4v) is 1.94. The van der Waals surface area contributed by atoms with E-state index in [0.717, 1.165) is 5.56 Å². The molecule has 0 saturated heterocycles. The molecule has 102 valence electrons. The Kier molecular flexibility index (Phi) is 4.01. The molecular formula is C13H17N3O3. The molecule has 6 heteroatoms. The van der Waals surface area contributed by atoms with Gasteiger partial charge in [0.15, 0.2) is 0 Å². The lowest BCUT2D eigenvalue weighted by Gasteiger charge is -2.31. The zero-order valence-corrected chi connectivity index (χ0v) is 10.4. The first-order valence-electron chi connectivity index (χ1n) is 6.16. The van der Waals surface area contributed by atoms with Gasteiger partial charge < -0.3 is 21.5 Å². The Morgan fingerprint density at radius 1 is 1.26 bits per heavy atom. The van der Waals surface area contributed by atoms with Crippen LogP contribution in [0.2, 0.25) is 0 Å². The fraction of sp³-hybridized carbons (Fsp3) is 0.385. The summed E-state index contributed by atoms with van der Waals surface area (Å²) in [7, 11) is 0. The SMILES string of the molecule is NC(=O)NCc1ccc(C(=O)NC2CC(O)C2)cc1. The smallest absolute Gasteiger partial charge is 0.312 e. The van der Waals surface area contributed by atoms with Crippen LogP contribution in [0, 0.1) is 0 Å².